The molecule has 1 aromatic carbocycles. The summed E-state index contributed by atoms with van der Waals surface area (Å²) in [6, 6.07) is 5.81. The third-order valence-electron chi connectivity index (χ3n) is 4.91. The monoisotopic (exact) mass is 387 g/mol. The van der Waals surface area contributed by atoms with E-state index >= 15 is 0 Å². The van der Waals surface area contributed by atoms with Gasteiger partial charge in [-0.05, 0) is 50.8 Å². The van der Waals surface area contributed by atoms with Gasteiger partial charge in [0, 0.05) is 38.4 Å². The molecule has 0 atom stereocenters. The van der Waals surface area contributed by atoms with Gasteiger partial charge in [0.25, 0.3) is 17.5 Å². The molecular formula is C20H25N3O5. The fourth-order valence-corrected chi connectivity index (χ4v) is 3.55. The van der Waals surface area contributed by atoms with Crippen molar-refractivity contribution in [1.82, 2.24) is 9.80 Å². The molecule has 0 bridgehead atoms. The lowest BCUT2D eigenvalue weighted by molar-refractivity contribution is -0.384. The predicted molar refractivity (Wildman–Crippen MR) is 103 cm³/mol. The zero-order valence-corrected chi connectivity index (χ0v) is 16.2. The van der Waals surface area contributed by atoms with E-state index in [1.807, 2.05) is 18.7 Å². The fraction of sp³-hybridized carbons (Fsp3) is 0.500. The molecule has 28 heavy (non-hydrogen) atoms. The number of carbonyl (C=O) groups excluding carboxylic acids is 2. The Labute approximate surface area is 163 Å². The third-order valence-corrected chi connectivity index (χ3v) is 4.91. The maximum Gasteiger partial charge on any atom is 0.277 e. The number of rotatable bonds is 8. The van der Waals surface area contributed by atoms with Gasteiger partial charge >= 0.3 is 0 Å². The summed E-state index contributed by atoms with van der Waals surface area (Å²) < 4.78 is 5.51. The van der Waals surface area contributed by atoms with Crippen LogP contribution in [0.3, 0.4) is 0 Å². The number of nitrogens with zero attached hydrogens (tertiary/aromatic N) is 3. The first-order valence-electron chi connectivity index (χ1n) is 9.62. The summed E-state index contributed by atoms with van der Waals surface area (Å²) >= 11 is 0. The van der Waals surface area contributed by atoms with Crippen molar-refractivity contribution >= 4 is 23.1 Å². The van der Waals surface area contributed by atoms with Crippen LogP contribution < -0.4 is 0 Å². The first kappa shape index (κ1) is 20.0. The lowest BCUT2D eigenvalue weighted by Gasteiger charge is -2.20. The Balaban J connectivity index is 1.87. The lowest BCUT2D eigenvalue weighted by atomic mass is 10.0. The van der Waals surface area contributed by atoms with Crippen molar-refractivity contribution in [3.05, 3.63) is 45.6 Å². The first-order valence-corrected chi connectivity index (χ1v) is 9.62. The van der Waals surface area contributed by atoms with E-state index in [4.69, 9.17) is 4.74 Å². The largest absolute Gasteiger partial charge is 0.379 e. The van der Waals surface area contributed by atoms with Gasteiger partial charge in [-0.2, -0.15) is 0 Å². The van der Waals surface area contributed by atoms with Crippen molar-refractivity contribution in [3.8, 4) is 0 Å². The smallest absolute Gasteiger partial charge is 0.277 e. The van der Waals surface area contributed by atoms with Gasteiger partial charge in [-0.15, -0.1) is 0 Å². The molecule has 2 aliphatic rings. The first-order chi connectivity index (χ1) is 13.4. The van der Waals surface area contributed by atoms with E-state index in [1.165, 1.54) is 17.0 Å². The molecule has 150 valence electrons. The quantitative estimate of drug-likeness (QED) is 0.295. The molecule has 8 heteroatoms. The van der Waals surface area contributed by atoms with E-state index in [1.54, 1.807) is 12.1 Å². The van der Waals surface area contributed by atoms with Crippen molar-refractivity contribution in [2.45, 2.75) is 39.2 Å². The Morgan fingerprint density at radius 3 is 2.32 bits per heavy atom. The average Bonchev–Trinajstić information content (AvgIpc) is 3.26. The summed E-state index contributed by atoms with van der Waals surface area (Å²) in [4.78, 5) is 39.8. The van der Waals surface area contributed by atoms with Crippen LogP contribution in [0.15, 0.2) is 30.0 Å². The molecule has 2 amide bonds. The van der Waals surface area contributed by atoms with E-state index in [-0.39, 0.29) is 30.2 Å². The molecule has 0 saturated carbocycles. The van der Waals surface area contributed by atoms with Gasteiger partial charge in [0.1, 0.15) is 5.70 Å². The van der Waals surface area contributed by atoms with Crippen LogP contribution in [-0.2, 0) is 14.3 Å². The van der Waals surface area contributed by atoms with Crippen LogP contribution in [0.2, 0.25) is 0 Å². The summed E-state index contributed by atoms with van der Waals surface area (Å²) in [5.74, 6) is -0.630. The minimum atomic E-state index is -0.484. The molecule has 8 nitrogen and oxygen atoms in total. The van der Waals surface area contributed by atoms with E-state index in [2.05, 4.69) is 0 Å². The highest BCUT2D eigenvalue weighted by Gasteiger charge is 2.41. The van der Waals surface area contributed by atoms with Gasteiger partial charge < -0.3 is 9.64 Å². The molecule has 2 heterocycles. The number of amides is 2. The number of imide groups is 1. The van der Waals surface area contributed by atoms with Crippen LogP contribution in [0.4, 0.5) is 5.69 Å². The van der Waals surface area contributed by atoms with Crippen molar-refractivity contribution in [2.75, 3.05) is 26.2 Å². The molecule has 0 aliphatic carbocycles. The molecule has 0 unspecified atom stereocenters. The van der Waals surface area contributed by atoms with Crippen molar-refractivity contribution in [2.24, 2.45) is 0 Å². The van der Waals surface area contributed by atoms with Crippen LogP contribution in [0.1, 0.15) is 38.7 Å². The highest BCUT2D eigenvalue weighted by molar-refractivity contribution is 6.35. The fourth-order valence-electron chi connectivity index (χ4n) is 3.55. The number of hydrogen-bond acceptors (Lipinski definition) is 6. The summed E-state index contributed by atoms with van der Waals surface area (Å²) in [5.41, 5.74) is 1.24. The second-order valence-corrected chi connectivity index (χ2v) is 7.26. The topological polar surface area (TPSA) is 93.0 Å². The highest BCUT2D eigenvalue weighted by atomic mass is 16.6. The van der Waals surface area contributed by atoms with E-state index in [9.17, 15) is 19.7 Å². The number of carbonyl (C=O) groups is 2. The number of nitro benzene ring substituents is 1. The molecule has 1 fully saturated rings. The van der Waals surface area contributed by atoms with Crippen molar-refractivity contribution < 1.29 is 19.2 Å². The van der Waals surface area contributed by atoms with Crippen molar-refractivity contribution in [1.29, 1.82) is 0 Å². The second kappa shape index (κ2) is 8.52. The van der Waals surface area contributed by atoms with Gasteiger partial charge in [0.15, 0.2) is 0 Å². The number of likely N-dealkylation sites (tertiary alicyclic amines) is 1. The molecule has 0 N–H and O–H groups in total. The van der Waals surface area contributed by atoms with Crippen LogP contribution in [0.5, 0.6) is 0 Å². The van der Waals surface area contributed by atoms with Crippen LogP contribution in [-0.4, -0.2) is 58.9 Å². The number of non-ortho nitro benzene ring substituents is 1. The molecule has 3 rings (SSSR count). The van der Waals surface area contributed by atoms with E-state index in [0.29, 0.717) is 29.9 Å². The summed E-state index contributed by atoms with van der Waals surface area (Å²) in [6.07, 6.45) is 2.61. The highest BCUT2D eigenvalue weighted by Crippen LogP contribution is 2.34. The normalized spacial score (nSPS) is 17.4. The average molecular weight is 387 g/mol. The standard InChI is InChI=1S/C20H25N3O5/c1-14(2)28-13-5-12-22-19(24)17(15-6-8-16(9-7-15)23(26)27)18(20(22)25)21-10-3-4-11-21/h6-9,14H,3-5,10-13H2,1-2H3. The van der Waals surface area contributed by atoms with Gasteiger partial charge in [0.05, 0.1) is 16.6 Å². The van der Waals surface area contributed by atoms with Gasteiger partial charge in [-0.3, -0.25) is 24.6 Å². The van der Waals surface area contributed by atoms with Gasteiger partial charge in [-0.25, -0.2) is 0 Å². The summed E-state index contributed by atoms with van der Waals surface area (Å²) in [7, 11) is 0. The molecule has 2 aliphatic heterocycles. The molecule has 1 aromatic rings. The molecular weight excluding hydrogens is 362 g/mol. The number of benzene rings is 1. The number of ether oxygens (including phenoxy) is 1. The summed E-state index contributed by atoms with van der Waals surface area (Å²) in [6.45, 7) is 6.10. The number of nitro groups is 1. The van der Waals surface area contributed by atoms with Crippen LogP contribution in [0, 0.1) is 10.1 Å². The lowest BCUT2D eigenvalue weighted by Crippen LogP contribution is -2.35. The van der Waals surface area contributed by atoms with E-state index in [0.717, 1.165) is 25.9 Å². The zero-order chi connectivity index (χ0) is 20.3. The van der Waals surface area contributed by atoms with Gasteiger partial charge in [0.2, 0.25) is 0 Å². The Bertz CT molecular complexity index is 795. The summed E-state index contributed by atoms with van der Waals surface area (Å²) in [5, 5.41) is 10.9. The van der Waals surface area contributed by atoms with Crippen LogP contribution in [0.25, 0.3) is 5.57 Å². The Hall–Kier alpha value is -2.74. The SMILES string of the molecule is CC(C)OCCCN1C(=O)C(c2ccc([N+](=O)[O-])cc2)=C(N2CCCC2)C1=O. The Morgan fingerprint density at radius 1 is 1.11 bits per heavy atom. The Kier molecular flexibility index (Phi) is 6.08. The molecule has 0 spiro atoms. The van der Waals surface area contributed by atoms with Gasteiger partial charge in [-0.1, -0.05) is 0 Å². The molecule has 0 aromatic heterocycles. The maximum atomic E-state index is 13.1. The minimum absolute atomic E-state index is 0.0495. The minimum Gasteiger partial charge on any atom is -0.379 e. The zero-order valence-electron chi connectivity index (χ0n) is 16.2. The Morgan fingerprint density at radius 2 is 1.75 bits per heavy atom. The van der Waals surface area contributed by atoms with Crippen molar-refractivity contribution in [3.63, 3.8) is 0 Å². The second-order valence-electron chi connectivity index (χ2n) is 7.26. The maximum absolute atomic E-state index is 13.1. The molecule has 0 radical (unpaired) electrons. The van der Waals surface area contributed by atoms with Crippen LogP contribution >= 0.6 is 0 Å². The third kappa shape index (κ3) is 4.06. The predicted octanol–water partition coefficient (Wildman–Crippen LogP) is 2.59. The number of hydrogen-bond donors (Lipinski definition) is 0. The molecule has 1 saturated heterocycles. The van der Waals surface area contributed by atoms with E-state index < -0.39 is 4.92 Å².